The molecule has 1 aromatic heterocycles. The van der Waals surface area contributed by atoms with E-state index in [1.807, 2.05) is 30.4 Å². The third-order valence-electron chi connectivity index (χ3n) is 3.15. The molecule has 0 aromatic carbocycles. The zero-order valence-electron chi connectivity index (χ0n) is 11.3. The molecule has 1 fully saturated rings. The van der Waals surface area contributed by atoms with Crippen molar-refractivity contribution in [1.82, 2.24) is 9.78 Å². The first-order chi connectivity index (χ1) is 9.09. The van der Waals surface area contributed by atoms with Crippen molar-refractivity contribution in [3.8, 4) is 0 Å². The fraction of sp³-hybridized carbons (Fsp3) is 0.538. The topological polar surface area (TPSA) is 58.4 Å². The Labute approximate surface area is 117 Å². The molecule has 19 heavy (non-hydrogen) atoms. The SMILES string of the molecule is Cc1nn(C)c(N2CCCSCC2)c1C=CC(=O)O. The smallest absolute Gasteiger partial charge is 0.328 e. The molecule has 2 rings (SSSR count). The van der Waals surface area contributed by atoms with Gasteiger partial charge in [-0.15, -0.1) is 0 Å². The molecule has 0 aliphatic carbocycles. The minimum Gasteiger partial charge on any atom is -0.478 e. The van der Waals surface area contributed by atoms with E-state index in [4.69, 9.17) is 5.11 Å². The average molecular weight is 281 g/mol. The number of aromatic nitrogens is 2. The summed E-state index contributed by atoms with van der Waals surface area (Å²) in [5, 5.41) is 13.2. The van der Waals surface area contributed by atoms with E-state index in [9.17, 15) is 4.79 Å². The second-order valence-corrected chi connectivity index (χ2v) is 5.80. The zero-order chi connectivity index (χ0) is 13.8. The molecular formula is C13H19N3O2S. The third-order valence-corrected chi connectivity index (χ3v) is 4.20. The number of aliphatic carboxylic acids is 1. The molecule has 1 aromatic rings. The monoisotopic (exact) mass is 281 g/mol. The van der Waals surface area contributed by atoms with Gasteiger partial charge >= 0.3 is 5.97 Å². The number of thioether (sulfide) groups is 1. The quantitative estimate of drug-likeness (QED) is 0.856. The molecule has 104 valence electrons. The van der Waals surface area contributed by atoms with Crippen LogP contribution in [0.5, 0.6) is 0 Å². The summed E-state index contributed by atoms with van der Waals surface area (Å²) < 4.78 is 1.85. The normalized spacial score (nSPS) is 16.8. The van der Waals surface area contributed by atoms with E-state index >= 15 is 0 Å². The summed E-state index contributed by atoms with van der Waals surface area (Å²) in [4.78, 5) is 13.0. The van der Waals surface area contributed by atoms with Crippen LogP contribution in [0, 0.1) is 6.92 Å². The fourth-order valence-corrected chi connectivity index (χ4v) is 3.23. The Bertz CT molecular complexity index is 488. The van der Waals surface area contributed by atoms with Crippen molar-refractivity contribution in [3.63, 3.8) is 0 Å². The third kappa shape index (κ3) is 3.32. The Kier molecular flexibility index (Phi) is 4.52. The maximum absolute atomic E-state index is 10.7. The first-order valence-electron chi connectivity index (χ1n) is 6.37. The van der Waals surface area contributed by atoms with Gasteiger partial charge in [-0.25, -0.2) is 4.79 Å². The van der Waals surface area contributed by atoms with Crippen LogP contribution in [0.25, 0.3) is 6.08 Å². The van der Waals surface area contributed by atoms with Crippen molar-refractivity contribution in [2.45, 2.75) is 13.3 Å². The molecule has 0 spiro atoms. The Morgan fingerprint density at radius 2 is 2.21 bits per heavy atom. The highest BCUT2D eigenvalue weighted by Crippen LogP contribution is 2.26. The minimum atomic E-state index is -0.930. The summed E-state index contributed by atoms with van der Waals surface area (Å²) in [6.45, 7) is 3.90. The number of rotatable bonds is 3. The largest absolute Gasteiger partial charge is 0.478 e. The zero-order valence-corrected chi connectivity index (χ0v) is 12.1. The van der Waals surface area contributed by atoms with Crippen LogP contribution in [0.15, 0.2) is 6.08 Å². The van der Waals surface area contributed by atoms with Gasteiger partial charge in [0.2, 0.25) is 0 Å². The Morgan fingerprint density at radius 3 is 2.95 bits per heavy atom. The molecule has 1 saturated heterocycles. The second kappa shape index (κ2) is 6.14. The molecule has 0 saturated carbocycles. The van der Waals surface area contributed by atoms with Crippen molar-refractivity contribution in [2.75, 3.05) is 29.5 Å². The summed E-state index contributed by atoms with van der Waals surface area (Å²) in [6.07, 6.45) is 3.98. The highest BCUT2D eigenvalue weighted by atomic mass is 32.2. The molecule has 1 N–H and O–H groups in total. The predicted molar refractivity (Wildman–Crippen MR) is 78.8 cm³/mol. The fourth-order valence-electron chi connectivity index (χ4n) is 2.35. The number of nitrogens with zero attached hydrogens (tertiary/aromatic N) is 3. The van der Waals surface area contributed by atoms with Crippen LogP contribution < -0.4 is 4.90 Å². The van der Waals surface area contributed by atoms with Crippen LogP contribution in [-0.2, 0) is 11.8 Å². The van der Waals surface area contributed by atoms with E-state index in [-0.39, 0.29) is 0 Å². The number of aryl methyl sites for hydroxylation is 2. The van der Waals surface area contributed by atoms with Gasteiger partial charge in [0.1, 0.15) is 5.82 Å². The molecule has 6 heteroatoms. The summed E-state index contributed by atoms with van der Waals surface area (Å²) >= 11 is 1.97. The first kappa shape index (κ1) is 14.0. The number of anilines is 1. The molecular weight excluding hydrogens is 262 g/mol. The molecule has 2 heterocycles. The van der Waals surface area contributed by atoms with Crippen LogP contribution in [0.2, 0.25) is 0 Å². The predicted octanol–water partition coefficient (Wildman–Crippen LogP) is 1.77. The maximum atomic E-state index is 10.7. The number of hydrogen-bond acceptors (Lipinski definition) is 4. The molecule has 1 aliphatic rings. The summed E-state index contributed by atoms with van der Waals surface area (Å²) in [5.41, 5.74) is 1.78. The Morgan fingerprint density at radius 1 is 1.42 bits per heavy atom. The van der Waals surface area contributed by atoms with E-state index in [2.05, 4.69) is 10.00 Å². The lowest BCUT2D eigenvalue weighted by Gasteiger charge is -2.23. The van der Waals surface area contributed by atoms with Gasteiger partial charge in [-0.3, -0.25) is 4.68 Å². The van der Waals surface area contributed by atoms with Crippen molar-refractivity contribution < 1.29 is 9.90 Å². The van der Waals surface area contributed by atoms with E-state index in [1.165, 1.54) is 11.8 Å². The lowest BCUT2D eigenvalue weighted by molar-refractivity contribution is -0.131. The number of carboxylic acids is 1. The summed E-state index contributed by atoms with van der Waals surface area (Å²) in [5.74, 6) is 2.39. The van der Waals surface area contributed by atoms with Gasteiger partial charge in [0.25, 0.3) is 0 Å². The summed E-state index contributed by atoms with van der Waals surface area (Å²) in [6, 6.07) is 0. The van der Waals surface area contributed by atoms with Crippen molar-refractivity contribution in [1.29, 1.82) is 0 Å². The Balaban J connectivity index is 2.34. The van der Waals surface area contributed by atoms with Crippen LogP contribution >= 0.6 is 11.8 Å². The molecule has 0 radical (unpaired) electrons. The van der Waals surface area contributed by atoms with E-state index in [0.29, 0.717) is 0 Å². The van der Waals surface area contributed by atoms with Gasteiger partial charge in [0.15, 0.2) is 0 Å². The number of carboxylic acid groups (broad SMARTS) is 1. The maximum Gasteiger partial charge on any atom is 0.328 e. The standard InChI is InChI=1S/C13H19N3O2S/c1-10-11(4-5-12(17)18)13(15(2)14-10)16-6-3-8-19-9-7-16/h4-5H,3,6-9H2,1-2H3,(H,17,18). The highest BCUT2D eigenvalue weighted by molar-refractivity contribution is 7.99. The highest BCUT2D eigenvalue weighted by Gasteiger charge is 2.19. The van der Waals surface area contributed by atoms with Crippen LogP contribution in [0.4, 0.5) is 5.82 Å². The van der Waals surface area contributed by atoms with Gasteiger partial charge in [-0.2, -0.15) is 16.9 Å². The molecule has 1 aliphatic heterocycles. The lowest BCUT2D eigenvalue weighted by atomic mass is 10.2. The minimum absolute atomic E-state index is 0.868. The van der Waals surface area contributed by atoms with Gasteiger partial charge in [-0.1, -0.05) is 0 Å². The van der Waals surface area contributed by atoms with E-state index in [0.717, 1.165) is 42.3 Å². The van der Waals surface area contributed by atoms with E-state index < -0.39 is 5.97 Å². The van der Waals surface area contributed by atoms with Crippen LogP contribution in [0.1, 0.15) is 17.7 Å². The molecule has 0 bridgehead atoms. The van der Waals surface area contributed by atoms with Gasteiger partial charge in [0.05, 0.1) is 5.69 Å². The van der Waals surface area contributed by atoms with Crippen molar-refractivity contribution >= 4 is 29.6 Å². The molecule has 0 amide bonds. The van der Waals surface area contributed by atoms with E-state index in [1.54, 1.807) is 6.08 Å². The van der Waals surface area contributed by atoms with Crippen LogP contribution in [-0.4, -0.2) is 45.5 Å². The average Bonchev–Trinajstić information content (AvgIpc) is 2.57. The van der Waals surface area contributed by atoms with Crippen molar-refractivity contribution in [2.24, 2.45) is 7.05 Å². The van der Waals surface area contributed by atoms with Gasteiger partial charge in [0, 0.05) is 37.5 Å². The Hall–Kier alpha value is -1.43. The second-order valence-electron chi connectivity index (χ2n) is 4.57. The molecule has 0 atom stereocenters. The van der Waals surface area contributed by atoms with Crippen LogP contribution in [0.3, 0.4) is 0 Å². The first-order valence-corrected chi connectivity index (χ1v) is 7.52. The van der Waals surface area contributed by atoms with Crippen molar-refractivity contribution in [3.05, 3.63) is 17.3 Å². The molecule has 5 nitrogen and oxygen atoms in total. The number of carbonyl (C=O) groups is 1. The number of hydrogen-bond donors (Lipinski definition) is 1. The molecule has 0 unspecified atom stereocenters. The van der Waals surface area contributed by atoms with Gasteiger partial charge in [-0.05, 0) is 25.2 Å². The summed E-state index contributed by atoms with van der Waals surface area (Å²) in [7, 11) is 1.92. The van der Waals surface area contributed by atoms with Gasteiger partial charge < -0.3 is 10.0 Å². The lowest BCUT2D eigenvalue weighted by Crippen LogP contribution is -2.28.